The van der Waals surface area contributed by atoms with Crippen molar-refractivity contribution in [2.45, 2.75) is 0 Å². The number of carboxylic acids is 1. The van der Waals surface area contributed by atoms with Crippen molar-refractivity contribution in [2.75, 3.05) is 12.4 Å². The lowest BCUT2D eigenvalue weighted by atomic mass is 9.97. The second-order valence-electron chi connectivity index (χ2n) is 5.81. The quantitative estimate of drug-likeness (QED) is 0.614. The topological polar surface area (TPSA) is 91.0 Å². The molecule has 0 aliphatic rings. The molecule has 0 radical (unpaired) electrons. The third kappa shape index (κ3) is 3.19. The van der Waals surface area contributed by atoms with Crippen LogP contribution in [0.15, 0.2) is 48.9 Å². The van der Waals surface area contributed by atoms with Crippen LogP contribution in [0.25, 0.3) is 11.3 Å². The number of hydrogen-bond acceptors (Lipinski definition) is 4. The van der Waals surface area contributed by atoms with Gasteiger partial charge in [0.25, 0.3) is 0 Å². The number of nitrogens with zero attached hydrogens (tertiary/aromatic N) is 2. The molecule has 2 aromatic carbocycles. The molecule has 0 bridgehead atoms. The predicted octanol–water partition coefficient (Wildman–Crippen LogP) is 3.38. The van der Waals surface area contributed by atoms with E-state index in [0.717, 1.165) is 17.3 Å². The van der Waals surface area contributed by atoms with Crippen LogP contribution in [-0.4, -0.2) is 33.4 Å². The normalized spacial score (nSPS) is 10.6. The van der Waals surface area contributed by atoms with Crippen LogP contribution in [0.1, 0.15) is 21.5 Å². The monoisotopic (exact) mass is 352 g/mol. The van der Waals surface area contributed by atoms with Gasteiger partial charge >= 0.3 is 5.97 Å². The summed E-state index contributed by atoms with van der Waals surface area (Å²) >= 11 is 0. The van der Waals surface area contributed by atoms with Crippen molar-refractivity contribution in [3.05, 3.63) is 71.4 Å². The summed E-state index contributed by atoms with van der Waals surface area (Å²) in [7, 11) is 3.60. The summed E-state index contributed by atoms with van der Waals surface area (Å²) in [5.41, 5.74) is 2.67. The first-order chi connectivity index (χ1) is 12.4. The minimum atomic E-state index is -1.21. The molecular weight excluding hydrogens is 335 g/mol. The van der Waals surface area contributed by atoms with Gasteiger partial charge in [-0.05, 0) is 24.3 Å². The number of imidazole rings is 1. The van der Waals surface area contributed by atoms with Gasteiger partial charge in [0.2, 0.25) is 0 Å². The highest BCUT2D eigenvalue weighted by atomic mass is 19.1. The summed E-state index contributed by atoms with van der Waals surface area (Å²) in [5, 5.41) is 20.3. The van der Waals surface area contributed by atoms with Crippen LogP contribution >= 0.6 is 0 Å². The molecule has 26 heavy (non-hydrogen) atoms. The van der Waals surface area contributed by atoms with E-state index in [0.29, 0.717) is 11.3 Å². The van der Waals surface area contributed by atoms with Gasteiger partial charge in [-0.15, -0.1) is 0 Å². The number of carbonyl (C=O) groups is 1. The van der Waals surface area contributed by atoms with E-state index < -0.39 is 11.8 Å². The number of anilines is 1. The second-order valence-corrected chi connectivity index (χ2v) is 5.81. The van der Waals surface area contributed by atoms with Gasteiger partial charge in [-0.25, -0.2) is 14.2 Å². The minimum absolute atomic E-state index is 0.0311. The van der Waals surface area contributed by atoms with E-state index in [-0.39, 0.29) is 16.8 Å². The lowest BCUT2D eigenvalue weighted by molar-refractivity contribution is 0.0696. The van der Waals surface area contributed by atoms with Crippen LogP contribution in [-0.2, 0) is 7.05 Å². The first-order valence-corrected chi connectivity index (χ1v) is 7.83. The Hall–Kier alpha value is -3.48. The Balaban J connectivity index is 2.01. The van der Waals surface area contributed by atoms with Gasteiger partial charge in [0.1, 0.15) is 5.82 Å². The molecule has 0 saturated heterocycles. The molecule has 0 aliphatic heterocycles. The van der Waals surface area contributed by atoms with E-state index in [9.17, 15) is 9.18 Å². The standard InChI is InChI=1S/C19H17FN4O2/c1-22-16-8-11(17-9-24(2)10-23-17)3-6-14(16)18(21)13-5-4-12(19(25)26)7-15(13)20/h3-10,21-22H,1-2H3,(H,25,26). The van der Waals surface area contributed by atoms with E-state index in [2.05, 4.69) is 10.3 Å². The Morgan fingerprint density at radius 2 is 1.96 bits per heavy atom. The van der Waals surface area contributed by atoms with Crippen molar-refractivity contribution in [2.24, 2.45) is 7.05 Å². The van der Waals surface area contributed by atoms with Crippen LogP contribution in [0.5, 0.6) is 0 Å². The van der Waals surface area contributed by atoms with Gasteiger partial charge in [0, 0.05) is 42.7 Å². The molecule has 6 nitrogen and oxygen atoms in total. The Labute approximate surface area is 149 Å². The highest BCUT2D eigenvalue weighted by Crippen LogP contribution is 2.27. The maximum absolute atomic E-state index is 14.3. The second kappa shape index (κ2) is 6.79. The number of aromatic carboxylic acids is 1. The van der Waals surface area contributed by atoms with Gasteiger partial charge in [-0.3, -0.25) is 5.41 Å². The van der Waals surface area contributed by atoms with Crippen LogP contribution in [0, 0.1) is 11.2 Å². The van der Waals surface area contributed by atoms with Crippen molar-refractivity contribution >= 4 is 17.4 Å². The number of benzene rings is 2. The smallest absolute Gasteiger partial charge is 0.335 e. The molecule has 1 aromatic heterocycles. The molecule has 3 rings (SSSR count). The van der Waals surface area contributed by atoms with Gasteiger partial charge in [0.15, 0.2) is 0 Å². The van der Waals surface area contributed by atoms with E-state index in [4.69, 9.17) is 10.5 Å². The summed E-state index contributed by atoms with van der Waals surface area (Å²) < 4.78 is 16.1. The number of aryl methyl sites for hydroxylation is 1. The zero-order valence-corrected chi connectivity index (χ0v) is 14.2. The molecule has 0 atom stereocenters. The summed E-state index contributed by atoms with van der Waals surface area (Å²) in [6.07, 6.45) is 3.58. The van der Waals surface area contributed by atoms with Crippen LogP contribution in [0.4, 0.5) is 10.1 Å². The van der Waals surface area contributed by atoms with Crippen LogP contribution in [0.2, 0.25) is 0 Å². The highest BCUT2D eigenvalue weighted by Gasteiger charge is 2.16. The molecule has 0 unspecified atom stereocenters. The van der Waals surface area contributed by atoms with Gasteiger partial charge in [0.05, 0.1) is 23.3 Å². The summed E-state index contributed by atoms with van der Waals surface area (Å²) in [5.74, 6) is -1.96. The third-order valence-corrected chi connectivity index (χ3v) is 4.04. The number of nitrogens with one attached hydrogen (secondary N) is 2. The average Bonchev–Trinajstić information content (AvgIpc) is 3.06. The molecule has 0 spiro atoms. The number of hydrogen-bond donors (Lipinski definition) is 3. The number of halogens is 1. The zero-order valence-electron chi connectivity index (χ0n) is 14.2. The molecule has 7 heteroatoms. The summed E-state index contributed by atoms with van der Waals surface area (Å²) in [4.78, 5) is 15.2. The predicted molar refractivity (Wildman–Crippen MR) is 97.5 cm³/mol. The SMILES string of the molecule is CNc1cc(-c2cn(C)cn2)ccc1C(=N)c1ccc(C(=O)O)cc1F. The van der Waals surface area contributed by atoms with Gasteiger partial charge in [-0.1, -0.05) is 12.1 Å². The Bertz CT molecular complexity index is 1010. The summed E-state index contributed by atoms with van der Waals surface area (Å²) in [6.45, 7) is 0. The maximum atomic E-state index is 14.3. The highest BCUT2D eigenvalue weighted by molar-refractivity contribution is 6.14. The molecule has 132 valence electrons. The minimum Gasteiger partial charge on any atom is -0.478 e. The van der Waals surface area contributed by atoms with E-state index in [1.54, 1.807) is 19.4 Å². The maximum Gasteiger partial charge on any atom is 0.335 e. The van der Waals surface area contributed by atoms with Gasteiger partial charge < -0.3 is 15.0 Å². The zero-order chi connectivity index (χ0) is 18.8. The van der Waals surface area contributed by atoms with Crippen LogP contribution in [0.3, 0.4) is 0 Å². The number of rotatable bonds is 5. The van der Waals surface area contributed by atoms with Crippen molar-refractivity contribution in [3.8, 4) is 11.3 Å². The molecule has 0 amide bonds. The Morgan fingerprint density at radius 3 is 2.54 bits per heavy atom. The summed E-state index contributed by atoms with van der Waals surface area (Å²) in [6, 6.07) is 8.91. The lowest BCUT2D eigenvalue weighted by Gasteiger charge is -2.13. The Kier molecular flexibility index (Phi) is 4.53. The third-order valence-electron chi connectivity index (χ3n) is 4.04. The molecule has 1 heterocycles. The molecule has 0 aliphatic carbocycles. The van der Waals surface area contributed by atoms with Crippen molar-refractivity contribution in [1.82, 2.24) is 9.55 Å². The molecule has 0 saturated carbocycles. The molecule has 0 fully saturated rings. The number of carboxylic acid groups (broad SMARTS) is 1. The molecular formula is C19H17FN4O2. The molecule has 3 aromatic rings. The molecule has 3 N–H and O–H groups in total. The van der Waals surface area contributed by atoms with E-state index in [1.165, 1.54) is 12.1 Å². The largest absolute Gasteiger partial charge is 0.478 e. The van der Waals surface area contributed by atoms with Crippen molar-refractivity contribution in [3.63, 3.8) is 0 Å². The fourth-order valence-corrected chi connectivity index (χ4v) is 2.69. The number of aromatic nitrogens is 2. The van der Waals surface area contributed by atoms with Crippen LogP contribution < -0.4 is 5.32 Å². The van der Waals surface area contributed by atoms with Gasteiger partial charge in [-0.2, -0.15) is 0 Å². The average molecular weight is 352 g/mol. The Morgan fingerprint density at radius 1 is 1.23 bits per heavy atom. The van der Waals surface area contributed by atoms with Crippen molar-refractivity contribution < 1.29 is 14.3 Å². The lowest BCUT2D eigenvalue weighted by Crippen LogP contribution is -2.09. The van der Waals surface area contributed by atoms with E-state index >= 15 is 0 Å². The fourth-order valence-electron chi connectivity index (χ4n) is 2.69. The van der Waals surface area contributed by atoms with E-state index in [1.807, 2.05) is 29.9 Å². The first kappa shape index (κ1) is 17.3. The first-order valence-electron chi connectivity index (χ1n) is 7.83. The fraction of sp³-hybridized carbons (Fsp3) is 0.105. The van der Waals surface area contributed by atoms with Crippen molar-refractivity contribution in [1.29, 1.82) is 5.41 Å².